The van der Waals surface area contributed by atoms with E-state index in [0.29, 0.717) is 13.0 Å². The van der Waals surface area contributed by atoms with Gasteiger partial charge in [-0.1, -0.05) is 0 Å². The van der Waals surface area contributed by atoms with E-state index in [9.17, 15) is 18.0 Å². The Hall–Kier alpha value is -2.72. The lowest BCUT2D eigenvalue weighted by Gasteiger charge is -2.33. The van der Waals surface area contributed by atoms with Crippen LogP contribution in [0.3, 0.4) is 0 Å². The Labute approximate surface area is 140 Å². The van der Waals surface area contributed by atoms with Crippen LogP contribution in [-0.4, -0.2) is 43.7 Å². The number of nitrogens with two attached hydrogens (primary N) is 1. The largest absolute Gasteiger partial charge is 0.423 e. The predicted molar refractivity (Wildman–Crippen MR) is 78.1 cm³/mol. The van der Waals surface area contributed by atoms with E-state index in [4.69, 9.17) is 10.2 Å². The van der Waals surface area contributed by atoms with E-state index in [-0.39, 0.29) is 17.4 Å². The van der Waals surface area contributed by atoms with Crippen molar-refractivity contribution in [2.24, 2.45) is 0 Å². The van der Waals surface area contributed by atoms with Crippen LogP contribution >= 0.6 is 0 Å². The van der Waals surface area contributed by atoms with Gasteiger partial charge in [0.15, 0.2) is 11.5 Å². The van der Waals surface area contributed by atoms with Crippen LogP contribution in [0.5, 0.6) is 0 Å². The summed E-state index contributed by atoms with van der Waals surface area (Å²) < 4.78 is 42.5. The maximum absolute atomic E-state index is 12.7. The first-order valence-electron chi connectivity index (χ1n) is 7.61. The second-order valence-corrected chi connectivity index (χ2v) is 5.63. The zero-order chi connectivity index (χ0) is 18.0. The molecule has 2 N–H and O–H groups in total. The van der Waals surface area contributed by atoms with E-state index in [1.165, 1.54) is 17.3 Å². The van der Waals surface area contributed by atoms with E-state index in [0.717, 1.165) is 12.8 Å². The highest BCUT2D eigenvalue weighted by atomic mass is 19.4. The third-order valence-electron chi connectivity index (χ3n) is 3.81. The van der Waals surface area contributed by atoms with Crippen LogP contribution in [0.2, 0.25) is 0 Å². The summed E-state index contributed by atoms with van der Waals surface area (Å²) in [7, 11) is 0. The Morgan fingerprint density at radius 1 is 1.28 bits per heavy atom. The smallest absolute Gasteiger partial charge is 0.397 e. The van der Waals surface area contributed by atoms with Crippen molar-refractivity contribution in [2.45, 2.75) is 37.9 Å². The molecule has 2 aromatic rings. The third kappa shape index (κ3) is 3.86. The molecule has 0 saturated carbocycles. The van der Waals surface area contributed by atoms with Gasteiger partial charge in [-0.05, 0) is 19.3 Å². The van der Waals surface area contributed by atoms with Crippen molar-refractivity contribution in [1.29, 1.82) is 0 Å². The third-order valence-corrected chi connectivity index (χ3v) is 3.81. The number of aromatic nitrogens is 4. The number of carbonyl (C=O) groups is 1. The number of piperidine rings is 1. The number of alkyl halides is 3. The number of likely N-dealkylation sites (tertiary alicyclic amines) is 1. The highest BCUT2D eigenvalue weighted by molar-refractivity contribution is 5.96. The second kappa shape index (κ2) is 6.65. The van der Waals surface area contributed by atoms with Crippen molar-refractivity contribution < 1.29 is 22.4 Å². The highest BCUT2D eigenvalue weighted by Crippen LogP contribution is 2.32. The topological polar surface area (TPSA) is 111 Å². The van der Waals surface area contributed by atoms with Crippen LogP contribution in [0.4, 0.5) is 19.0 Å². The molecular weight excluding hydrogens is 341 g/mol. The van der Waals surface area contributed by atoms with Gasteiger partial charge in [0, 0.05) is 18.9 Å². The Morgan fingerprint density at radius 2 is 2.04 bits per heavy atom. The molecule has 1 amide bonds. The predicted octanol–water partition coefficient (Wildman–Crippen LogP) is 1.91. The maximum atomic E-state index is 12.7. The fraction of sp³-hybridized carbons (Fsp3) is 0.500. The maximum Gasteiger partial charge on any atom is 0.397 e. The van der Waals surface area contributed by atoms with Gasteiger partial charge in [-0.25, -0.2) is 9.97 Å². The summed E-state index contributed by atoms with van der Waals surface area (Å²) >= 11 is 0. The van der Waals surface area contributed by atoms with Crippen molar-refractivity contribution in [1.82, 2.24) is 25.1 Å². The SMILES string of the molecule is Nc1nccnc1C(=O)N1CCCC[C@H]1c1nnc(CC(F)(F)F)o1. The van der Waals surface area contributed by atoms with Gasteiger partial charge in [0.1, 0.15) is 12.5 Å². The van der Waals surface area contributed by atoms with Gasteiger partial charge in [-0.2, -0.15) is 13.2 Å². The number of hydrogen-bond acceptors (Lipinski definition) is 7. The lowest BCUT2D eigenvalue weighted by molar-refractivity contribution is -0.131. The Kier molecular flexibility index (Phi) is 4.55. The zero-order valence-electron chi connectivity index (χ0n) is 13.0. The molecule has 1 saturated heterocycles. The van der Waals surface area contributed by atoms with E-state index in [2.05, 4.69) is 20.2 Å². The first-order valence-corrected chi connectivity index (χ1v) is 7.61. The molecule has 134 valence electrons. The zero-order valence-corrected chi connectivity index (χ0v) is 13.0. The molecule has 0 unspecified atom stereocenters. The molecule has 0 bridgehead atoms. The van der Waals surface area contributed by atoms with Crippen molar-refractivity contribution in [3.63, 3.8) is 0 Å². The Balaban J connectivity index is 1.84. The molecule has 11 heteroatoms. The van der Waals surface area contributed by atoms with E-state index in [1.54, 1.807) is 0 Å². The Bertz CT molecular complexity index is 763. The number of rotatable bonds is 3. The number of anilines is 1. The summed E-state index contributed by atoms with van der Waals surface area (Å²) in [4.78, 5) is 21.9. The molecule has 0 spiro atoms. The highest BCUT2D eigenvalue weighted by Gasteiger charge is 2.36. The molecule has 3 rings (SSSR count). The standard InChI is InChI=1S/C14H15F3N6O2/c15-14(16,17)7-9-21-22-12(25-9)8-3-1-2-6-23(8)13(24)10-11(18)20-5-4-19-10/h4-5,8H,1-3,6-7H2,(H2,18,20)/t8-/m0/s1. The monoisotopic (exact) mass is 356 g/mol. The summed E-state index contributed by atoms with van der Waals surface area (Å²) in [5.74, 6) is -1.03. The fourth-order valence-electron chi connectivity index (χ4n) is 2.73. The molecule has 1 aliphatic rings. The Morgan fingerprint density at radius 3 is 2.76 bits per heavy atom. The lowest BCUT2D eigenvalue weighted by atomic mass is 10.0. The first kappa shape index (κ1) is 17.1. The summed E-state index contributed by atoms with van der Waals surface area (Å²) in [6, 6.07) is -0.614. The molecule has 1 aliphatic heterocycles. The van der Waals surface area contributed by atoms with Crippen molar-refractivity contribution >= 4 is 11.7 Å². The number of halogens is 3. The fourth-order valence-corrected chi connectivity index (χ4v) is 2.73. The van der Waals surface area contributed by atoms with E-state index < -0.39 is 30.4 Å². The molecule has 3 heterocycles. The summed E-state index contributed by atoms with van der Waals surface area (Å²) in [5.41, 5.74) is 5.68. The molecule has 1 atom stereocenters. The number of carbonyl (C=O) groups excluding carboxylic acids is 1. The lowest BCUT2D eigenvalue weighted by Crippen LogP contribution is -2.39. The number of hydrogen-bond donors (Lipinski definition) is 1. The van der Waals surface area contributed by atoms with Crippen LogP contribution in [0.25, 0.3) is 0 Å². The molecule has 1 fully saturated rings. The van der Waals surface area contributed by atoms with Gasteiger partial charge in [0.25, 0.3) is 5.91 Å². The van der Waals surface area contributed by atoms with Crippen LogP contribution in [0.15, 0.2) is 16.8 Å². The molecule has 8 nitrogen and oxygen atoms in total. The number of nitrogen functional groups attached to an aromatic ring is 1. The second-order valence-electron chi connectivity index (χ2n) is 5.63. The number of amides is 1. The summed E-state index contributed by atoms with van der Waals surface area (Å²) in [6.45, 7) is 0.385. The first-order chi connectivity index (χ1) is 11.8. The molecule has 25 heavy (non-hydrogen) atoms. The molecule has 0 aliphatic carbocycles. The van der Waals surface area contributed by atoms with Gasteiger partial charge < -0.3 is 15.1 Å². The van der Waals surface area contributed by atoms with Crippen LogP contribution in [0, 0.1) is 0 Å². The average molecular weight is 356 g/mol. The van der Waals surface area contributed by atoms with Crippen LogP contribution < -0.4 is 5.73 Å². The van der Waals surface area contributed by atoms with Crippen LogP contribution in [0.1, 0.15) is 47.6 Å². The minimum absolute atomic E-state index is 0.00979. The van der Waals surface area contributed by atoms with E-state index >= 15 is 0 Å². The number of nitrogens with zero attached hydrogens (tertiary/aromatic N) is 5. The van der Waals surface area contributed by atoms with Crippen LogP contribution in [-0.2, 0) is 6.42 Å². The van der Waals surface area contributed by atoms with E-state index in [1.807, 2.05) is 0 Å². The molecule has 0 aromatic carbocycles. The van der Waals surface area contributed by atoms with Crippen molar-refractivity contribution in [2.75, 3.05) is 12.3 Å². The minimum atomic E-state index is -4.44. The summed E-state index contributed by atoms with van der Waals surface area (Å²) in [6.07, 6.45) is -1.03. The van der Waals surface area contributed by atoms with Gasteiger partial charge in [-0.15, -0.1) is 10.2 Å². The summed E-state index contributed by atoms with van der Waals surface area (Å²) in [5, 5.41) is 7.13. The van der Waals surface area contributed by atoms with Gasteiger partial charge in [0.05, 0.1) is 0 Å². The molecule has 0 radical (unpaired) electrons. The minimum Gasteiger partial charge on any atom is -0.423 e. The molecule has 2 aromatic heterocycles. The quantitative estimate of drug-likeness (QED) is 0.894. The van der Waals surface area contributed by atoms with Gasteiger partial charge in [-0.3, -0.25) is 4.79 Å². The van der Waals surface area contributed by atoms with Gasteiger partial charge >= 0.3 is 6.18 Å². The van der Waals surface area contributed by atoms with Crippen molar-refractivity contribution in [3.8, 4) is 0 Å². The average Bonchev–Trinajstić information content (AvgIpc) is 3.01. The normalized spacial score (nSPS) is 18.4. The van der Waals surface area contributed by atoms with Crippen molar-refractivity contribution in [3.05, 3.63) is 29.9 Å². The molecular formula is C14H15F3N6O2. The van der Waals surface area contributed by atoms with Gasteiger partial charge in [0.2, 0.25) is 11.8 Å².